The first-order valence-corrected chi connectivity index (χ1v) is 8.22. The van der Waals surface area contributed by atoms with Gasteiger partial charge >= 0.3 is 20.1 Å². The Labute approximate surface area is 146 Å². The summed E-state index contributed by atoms with van der Waals surface area (Å²) in [7, 11) is -1.09. The highest BCUT2D eigenvalue weighted by molar-refractivity contribution is 6.83. The van der Waals surface area contributed by atoms with Gasteiger partial charge in [0.05, 0.1) is 11.4 Å². The lowest BCUT2D eigenvalue weighted by Gasteiger charge is -2.42. The number of benzene rings is 2. The summed E-state index contributed by atoms with van der Waals surface area (Å²) >= 11 is 0. The molecule has 0 aliphatic carbocycles. The summed E-state index contributed by atoms with van der Waals surface area (Å²) < 4.78 is 6.33. The minimum atomic E-state index is -0.546. The van der Waals surface area contributed by atoms with Crippen LogP contribution in [0.5, 0.6) is 0 Å². The van der Waals surface area contributed by atoms with E-state index in [-0.39, 0.29) is 6.03 Å². The largest absolute Gasteiger partial charge is 0.465 e. The van der Waals surface area contributed by atoms with Crippen LogP contribution in [0.25, 0.3) is 0 Å². The third-order valence-corrected chi connectivity index (χ3v) is 4.84. The predicted molar refractivity (Wildman–Crippen MR) is 98.2 cm³/mol. The molecule has 0 spiro atoms. The zero-order valence-corrected chi connectivity index (χ0v) is 13.9. The lowest BCUT2D eigenvalue weighted by atomic mass is 9.59. The van der Waals surface area contributed by atoms with E-state index >= 15 is 0 Å². The smallest absolute Gasteiger partial charge is 0.452 e. The number of carbonyl (C=O) groups is 1. The number of amides is 2. The van der Waals surface area contributed by atoms with Crippen LogP contribution in [0.15, 0.2) is 58.7 Å². The molecule has 0 unspecified atom stereocenters. The molecule has 0 aromatic heterocycles. The molecule has 0 radical (unpaired) electrons. The topological polar surface area (TPSA) is 57.5 Å². The third kappa shape index (κ3) is 1.94. The average molecular weight is 328 g/mol. The molecule has 8 heteroatoms. The molecule has 1 fully saturated rings. The van der Waals surface area contributed by atoms with Crippen molar-refractivity contribution >= 4 is 42.5 Å². The van der Waals surface area contributed by atoms with Crippen LogP contribution in [0.1, 0.15) is 25.0 Å². The van der Waals surface area contributed by atoms with E-state index in [0.717, 1.165) is 33.5 Å². The molecule has 2 amide bonds. The second-order valence-electron chi connectivity index (χ2n) is 6.36. The number of rotatable bonds is 0. The monoisotopic (exact) mass is 328 g/mol. The van der Waals surface area contributed by atoms with Crippen molar-refractivity contribution in [2.75, 3.05) is 0 Å². The number of nitrogens with zero attached hydrogens (tertiary/aromatic N) is 4. The number of hydrogen-bond acceptors (Lipinski definition) is 4. The van der Waals surface area contributed by atoms with Gasteiger partial charge < -0.3 is 4.57 Å². The highest BCUT2D eigenvalue weighted by atomic mass is 16.4. The first-order valence-electron chi connectivity index (χ1n) is 8.22. The molecule has 6 nitrogen and oxygen atoms in total. The summed E-state index contributed by atoms with van der Waals surface area (Å²) in [5.41, 5.74) is 5.50. The number of hydrogen-bond donors (Lipinski definition) is 0. The molecular formula is C17H14B2N4O2. The minimum absolute atomic E-state index is 0.274. The van der Waals surface area contributed by atoms with Gasteiger partial charge in [-0.05, 0) is 35.9 Å². The van der Waals surface area contributed by atoms with E-state index in [1.165, 1.54) is 9.84 Å². The van der Waals surface area contributed by atoms with Crippen LogP contribution in [0.3, 0.4) is 0 Å². The molecule has 0 atom stereocenters. The molecule has 25 heavy (non-hydrogen) atoms. The van der Waals surface area contributed by atoms with Crippen molar-refractivity contribution in [3.8, 4) is 0 Å². The standard InChI is InChI=1S/C17H14B2N4O2/c1-11-13-7-3-5-9-15(13)18-22(20-11)17(24)23-19(25-18)16-10-6-4-8-14(16)12(2)21-23/h3-10H,1-2H3. The number of urea groups is 1. The van der Waals surface area contributed by atoms with Crippen molar-refractivity contribution in [2.24, 2.45) is 10.2 Å². The lowest BCUT2D eigenvalue weighted by Crippen LogP contribution is -2.71. The summed E-state index contributed by atoms with van der Waals surface area (Å²) in [6.07, 6.45) is 0. The Morgan fingerprint density at radius 3 is 1.72 bits per heavy atom. The zero-order valence-electron chi connectivity index (χ0n) is 13.9. The predicted octanol–water partition coefficient (Wildman–Crippen LogP) is 1.01. The van der Waals surface area contributed by atoms with Gasteiger partial charge in [0, 0.05) is 0 Å². The van der Waals surface area contributed by atoms with Crippen molar-refractivity contribution in [1.29, 1.82) is 0 Å². The number of hydrazone groups is 2. The molecular weight excluding hydrogens is 314 g/mol. The fourth-order valence-electron chi connectivity index (χ4n) is 3.66. The summed E-state index contributed by atoms with van der Waals surface area (Å²) in [6, 6.07) is 15.5. The van der Waals surface area contributed by atoms with Gasteiger partial charge in [-0.15, -0.1) is 0 Å². The van der Waals surface area contributed by atoms with Crippen molar-refractivity contribution in [2.45, 2.75) is 13.8 Å². The van der Waals surface area contributed by atoms with Gasteiger partial charge in [0.25, 0.3) is 0 Å². The van der Waals surface area contributed by atoms with Gasteiger partial charge in [0.2, 0.25) is 0 Å². The summed E-state index contributed by atoms with van der Waals surface area (Å²) in [6.45, 7) is 3.79. The lowest BCUT2D eigenvalue weighted by molar-refractivity contribution is 0.187. The van der Waals surface area contributed by atoms with E-state index in [1.807, 2.05) is 62.4 Å². The molecule has 3 aliphatic heterocycles. The second kappa shape index (κ2) is 5.07. The Morgan fingerprint density at radius 2 is 1.24 bits per heavy atom. The molecule has 3 aliphatic rings. The maximum absolute atomic E-state index is 13.1. The first kappa shape index (κ1) is 14.5. The van der Waals surface area contributed by atoms with Gasteiger partial charge in [-0.2, -0.15) is 10.2 Å². The molecule has 1 saturated heterocycles. The molecule has 5 rings (SSSR count). The molecule has 0 bridgehead atoms. The fraction of sp³-hybridized carbons (Fsp3) is 0.118. The summed E-state index contributed by atoms with van der Waals surface area (Å²) in [5.74, 6) is 0. The van der Waals surface area contributed by atoms with Crippen LogP contribution < -0.4 is 10.9 Å². The van der Waals surface area contributed by atoms with Crippen molar-refractivity contribution < 1.29 is 9.37 Å². The van der Waals surface area contributed by atoms with Crippen molar-refractivity contribution in [3.63, 3.8) is 0 Å². The molecule has 2 aromatic carbocycles. The van der Waals surface area contributed by atoms with E-state index in [0.29, 0.717) is 0 Å². The molecule has 0 N–H and O–H groups in total. The highest BCUT2D eigenvalue weighted by Crippen LogP contribution is 2.24. The van der Waals surface area contributed by atoms with Crippen LogP contribution in [-0.4, -0.2) is 41.4 Å². The number of carbonyl (C=O) groups excluding carboxylic acids is 1. The van der Waals surface area contributed by atoms with Crippen LogP contribution in [0.2, 0.25) is 0 Å². The maximum atomic E-state index is 13.1. The van der Waals surface area contributed by atoms with Crippen LogP contribution in [0, 0.1) is 0 Å². The fourth-order valence-corrected chi connectivity index (χ4v) is 3.66. The third-order valence-electron chi connectivity index (χ3n) is 4.84. The summed E-state index contributed by atoms with van der Waals surface area (Å²) in [5, 5.41) is 8.93. The summed E-state index contributed by atoms with van der Waals surface area (Å²) in [4.78, 5) is 15.8. The molecule has 3 heterocycles. The van der Waals surface area contributed by atoms with E-state index < -0.39 is 14.1 Å². The molecule has 120 valence electrons. The average Bonchev–Trinajstić information content (AvgIpc) is 2.64. The van der Waals surface area contributed by atoms with Crippen LogP contribution in [0.4, 0.5) is 4.79 Å². The van der Waals surface area contributed by atoms with Crippen molar-refractivity contribution in [3.05, 3.63) is 59.7 Å². The van der Waals surface area contributed by atoms with Gasteiger partial charge in [0.15, 0.2) is 0 Å². The van der Waals surface area contributed by atoms with E-state index in [4.69, 9.17) is 4.57 Å². The van der Waals surface area contributed by atoms with Crippen molar-refractivity contribution in [1.82, 2.24) is 9.84 Å². The van der Waals surface area contributed by atoms with Gasteiger partial charge in [-0.25, -0.2) is 14.6 Å². The molecule has 2 aromatic rings. The maximum Gasteiger partial charge on any atom is 0.465 e. The SMILES string of the molecule is CC1=NN2B(OB3c4ccccc4C(C)=NN3C2=O)c2ccccc21. The Bertz CT molecular complexity index is 899. The van der Waals surface area contributed by atoms with E-state index in [2.05, 4.69) is 10.2 Å². The first-order chi connectivity index (χ1) is 12.1. The van der Waals surface area contributed by atoms with Crippen LogP contribution in [-0.2, 0) is 4.57 Å². The Balaban J connectivity index is 1.66. The normalized spacial score (nSPS) is 18.1. The second-order valence-corrected chi connectivity index (χ2v) is 6.36. The van der Waals surface area contributed by atoms with Crippen LogP contribution >= 0.6 is 0 Å². The van der Waals surface area contributed by atoms with Gasteiger partial charge in [-0.1, -0.05) is 48.5 Å². The van der Waals surface area contributed by atoms with E-state index in [1.54, 1.807) is 0 Å². The Kier molecular flexibility index (Phi) is 2.93. The quantitative estimate of drug-likeness (QED) is 0.678. The highest BCUT2D eigenvalue weighted by Gasteiger charge is 2.52. The minimum Gasteiger partial charge on any atom is -0.452 e. The van der Waals surface area contributed by atoms with Gasteiger partial charge in [0.1, 0.15) is 0 Å². The number of fused-ring (bicyclic) bond motifs is 6. The Morgan fingerprint density at radius 1 is 0.800 bits per heavy atom. The van der Waals surface area contributed by atoms with E-state index in [9.17, 15) is 4.79 Å². The zero-order chi connectivity index (χ0) is 17.1. The molecule has 0 saturated carbocycles. The van der Waals surface area contributed by atoms with Gasteiger partial charge in [-0.3, -0.25) is 0 Å². The Hall–Kier alpha value is -2.86.